The molecule has 1 rings (SSSR count). The largest absolute Gasteiger partial charge is 0.393 e. The van der Waals surface area contributed by atoms with Crippen LogP contribution in [0.4, 0.5) is 4.79 Å². The van der Waals surface area contributed by atoms with Gasteiger partial charge < -0.3 is 10.0 Å². The molecule has 1 N–H and O–H groups in total. The SMILES string of the molecule is CCN1CC(=O)N(CCC(C)O)C1=O. The van der Waals surface area contributed by atoms with Crippen LogP contribution in [0.5, 0.6) is 0 Å². The fraction of sp³-hybridized carbons (Fsp3) is 0.778. The van der Waals surface area contributed by atoms with Crippen LogP contribution in [-0.4, -0.2) is 52.6 Å². The first kappa shape index (κ1) is 11.0. The van der Waals surface area contributed by atoms with Crippen LogP contribution < -0.4 is 0 Å². The summed E-state index contributed by atoms with van der Waals surface area (Å²) in [6, 6.07) is -0.238. The molecular formula is C9H16N2O3. The second kappa shape index (κ2) is 4.41. The highest BCUT2D eigenvalue weighted by Gasteiger charge is 2.34. The van der Waals surface area contributed by atoms with Gasteiger partial charge in [0.25, 0.3) is 0 Å². The lowest BCUT2D eigenvalue weighted by Crippen LogP contribution is -2.34. The second-order valence-electron chi connectivity index (χ2n) is 3.48. The summed E-state index contributed by atoms with van der Waals surface area (Å²) in [6.07, 6.45) is -0.0408. The minimum Gasteiger partial charge on any atom is -0.393 e. The van der Waals surface area contributed by atoms with Gasteiger partial charge in [0.15, 0.2) is 0 Å². The highest BCUT2D eigenvalue weighted by atomic mass is 16.3. The zero-order valence-corrected chi connectivity index (χ0v) is 8.56. The molecule has 1 aliphatic heterocycles. The van der Waals surface area contributed by atoms with E-state index in [1.807, 2.05) is 6.92 Å². The van der Waals surface area contributed by atoms with E-state index >= 15 is 0 Å². The average molecular weight is 200 g/mol. The summed E-state index contributed by atoms with van der Waals surface area (Å²) in [7, 11) is 0. The molecule has 1 saturated heterocycles. The molecule has 0 radical (unpaired) electrons. The molecule has 5 nitrogen and oxygen atoms in total. The number of imide groups is 1. The lowest BCUT2D eigenvalue weighted by Gasteiger charge is -2.15. The topological polar surface area (TPSA) is 60.9 Å². The van der Waals surface area contributed by atoms with E-state index < -0.39 is 6.10 Å². The summed E-state index contributed by atoms with van der Waals surface area (Å²) in [4.78, 5) is 25.6. The van der Waals surface area contributed by atoms with Gasteiger partial charge in [-0.25, -0.2) is 4.79 Å². The molecule has 5 heteroatoms. The number of hydrogen-bond acceptors (Lipinski definition) is 3. The number of nitrogens with zero attached hydrogens (tertiary/aromatic N) is 2. The number of urea groups is 1. The first-order valence-corrected chi connectivity index (χ1v) is 4.83. The van der Waals surface area contributed by atoms with Crippen molar-refractivity contribution < 1.29 is 14.7 Å². The van der Waals surface area contributed by atoms with Crippen molar-refractivity contribution in [1.82, 2.24) is 9.80 Å². The van der Waals surface area contributed by atoms with Gasteiger partial charge in [-0.05, 0) is 20.3 Å². The molecule has 1 heterocycles. The lowest BCUT2D eigenvalue weighted by molar-refractivity contribution is -0.125. The zero-order valence-electron chi connectivity index (χ0n) is 8.56. The molecule has 14 heavy (non-hydrogen) atoms. The van der Waals surface area contributed by atoms with Crippen LogP contribution in [-0.2, 0) is 4.79 Å². The smallest absolute Gasteiger partial charge is 0.327 e. The van der Waals surface area contributed by atoms with Gasteiger partial charge in [0.1, 0.15) is 6.54 Å². The number of hydrogen-bond donors (Lipinski definition) is 1. The van der Waals surface area contributed by atoms with Crippen molar-refractivity contribution in [2.75, 3.05) is 19.6 Å². The Kier molecular flexibility index (Phi) is 3.46. The van der Waals surface area contributed by atoms with E-state index in [2.05, 4.69) is 0 Å². The molecule has 3 amide bonds. The Morgan fingerprint density at radius 2 is 2.14 bits per heavy atom. The van der Waals surface area contributed by atoms with Crippen LogP contribution in [0.15, 0.2) is 0 Å². The van der Waals surface area contributed by atoms with Crippen molar-refractivity contribution in [2.24, 2.45) is 0 Å². The Hall–Kier alpha value is -1.10. The van der Waals surface area contributed by atoms with Crippen LogP contribution in [0, 0.1) is 0 Å². The Morgan fingerprint density at radius 3 is 2.57 bits per heavy atom. The fourth-order valence-corrected chi connectivity index (χ4v) is 1.38. The number of aliphatic hydroxyl groups excluding tert-OH is 1. The van der Waals surface area contributed by atoms with Crippen molar-refractivity contribution in [3.63, 3.8) is 0 Å². The Balaban J connectivity index is 2.52. The van der Waals surface area contributed by atoms with Gasteiger partial charge in [0.2, 0.25) is 5.91 Å². The molecule has 0 spiro atoms. The second-order valence-corrected chi connectivity index (χ2v) is 3.48. The van der Waals surface area contributed by atoms with Crippen LogP contribution >= 0.6 is 0 Å². The van der Waals surface area contributed by atoms with Crippen LogP contribution in [0.2, 0.25) is 0 Å². The zero-order chi connectivity index (χ0) is 10.7. The van der Waals surface area contributed by atoms with E-state index in [0.29, 0.717) is 19.5 Å². The van der Waals surface area contributed by atoms with Crippen molar-refractivity contribution >= 4 is 11.9 Å². The number of aliphatic hydroxyl groups is 1. The molecule has 80 valence electrons. The molecule has 1 fully saturated rings. The first-order chi connectivity index (χ1) is 6.56. The first-order valence-electron chi connectivity index (χ1n) is 4.83. The van der Waals surface area contributed by atoms with E-state index in [0.717, 1.165) is 0 Å². The molecule has 0 bridgehead atoms. The molecule has 0 aromatic heterocycles. The molecule has 0 aromatic rings. The molecular weight excluding hydrogens is 184 g/mol. The normalized spacial score (nSPS) is 19.4. The Labute approximate surface area is 83.3 Å². The molecule has 0 aromatic carbocycles. The molecule has 1 unspecified atom stereocenters. The number of carbonyl (C=O) groups is 2. The van der Waals surface area contributed by atoms with Crippen LogP contribution in [0.3, 0.4) is 0 Å². The van der Waals surface area contributed by atoms with E-state index in [9.17, 15) is 9.59 Å². The summed E-state index contributed by atoms with van der Waals surface area (Å²) in [6.45, 7) is 4.52. The third-order valence-electron chi connectivity index (χ3n) is 2.28. The third kappa shape index (κ3) is 2.23. The van der Waals surface area contributed by atoms with E-state index in [4.69, 9.17) is 5.11 Å². The average Bonchev–Trinajstić information content (AvgIpc) is 2.39. The van der Waals surface area contributed by atoms with Gasteiger partial charge in [-0.3, -0.25) is 9.69 Å². The minimum atomic E-state index is -0.480. The maximum absolute atomic E-state index is 11.5. The van der Waals surface area contributed by atoms with Crippen LogP contribution in [0.1, 0.15) is 20.3 Å². The van der Waals surface area contributed by atoms with E-state index in [-0.39, 0.29) is 18.5 Å². The number of rotatable bonds is 4. The molecule has 1 aliphatic rings. The highest BCUT2D eigenvalue weighted by molar-refractivity contribution is 6.01. The van der Waals surface area contributed by atoms with Gasteiger partial charge in [-0.2, -0.15) is 0 Å². The Morgan fingerprint density at radius 1 is 1.50 bits per heavy atom. The maximum atomic E-state index is 11.5. The van der Waals surface area contributed by atoms with Gasteiger partial charge in [0.05, 0.1) is 6.10 Å². The molecule has 1 atom stereocenters. The summed E-state index contributed by atoms with van der Waals surface area (Å²) in [5.74, 6) is -0.169. The number of carbonyl (C=O) groups excluding carboxylic acids is 2. The minimum absolute atomic E-state index is 0.169. The number of likely N-dealkylation sites (N-methyl/N-ethyl adjacent to an activating group) is 1. The predicted molar refractivity (Wildman–Crippen MR) is 50.7 cm³/mol. The third-order valence-corrected chi connectivity index (χ3v) is 2.28. The van der Waals surface area contributed by atoms with Gasteiger partial charge in [-0.15, -0.1) is 0 Å². The van der Waals surface area contributed by atoms with Crippen molar-refractivity contribution in [1.29, 1.82) is 0 Å². The summed E-state index contributed by atoms with van der Waals surface area (Å²) >= 11 is 0. The van der Waals surface area contributed by atoms with E-state index in [1.165, 1.54) is 9.80 Å². The predicted octanol–water partition coefficient (Wildman–Crippen LogP) is 0.0414. The molecule has 0 saturated carbocycles. The Bertz CT molecular complexity index is 240. The van der Waals surface area contributed by atoms with Crippen molar-refractivity contribution in [3.8, 4) is 0 Å². The maximum Gasteiger partial charge on any atom is 0.327 e. The van der Waals surface area contributed by atoms with Gasteiger partial charge in [-0.1, -0.05) is 0 Å². The van der Waals surface area contributed by atoms with Gasteiger partial charge in [0, 0.05) is 13.1 Å². The lowest BCUT2D eigenvalue weighted by atomic mass is 10.3. The van der Waals surface area contributed by atoms with Crippen molar-refractivity contribution in [3.05, 3.63) is 0 Å². The van der Waals surface area contributed by atoms with Gasteiger partial charge >= 0.3 is 6.03 Å². The quantitative estimate of drug-likeness (QED) is 0.652. The van der Waals surface area contributed by atoms with Crippen LogP contribution in [0.25, 0.3) is 0 Å². The number of amides is 3. The summed E-state index contributed by atoms with van der Waals surface area (Å²) < 4.78 is 0. The highest BCUT2D eigenvalue weighted by Crippen LogP contribution is 2.10. The molecule has 0 aliphatic carbocycles. The standard InChI is InChI=1S/C9H16N2O3/c1-3-10-6-8(13)11(9(10)14)5-4-7(2)12/h7,12H,3-6H2,1-2H3. The fourth-order valence-electron chi connectivity index (χ4n) is 1.38. The van der Waals surface area contributed by atoms with E-state index in [1.54, 1.807) is 6.92 Å². The monoisotopic (exact) mass is 200 g/mol. The summed E-state index contributed by atoms with van der Waals surface area (Å²) in [5, 5.41) is 9.05. The summed E-state index contributed by atoms with van der Waals surface area (Å²) in [5.41, 5.74) is 0. The van der Waals surface area contributed by atoms with Crippen molar-refractivity contribution in [2.45, 2.75) is 26.4 Å².